The summed E-state index contributed by atoms with van der Waals surface area (Å²) in [4.78, 5) is 0. The van der Waals surface area contributed by atoms with E-state index in [1.54, 1.807) is 7.11 Å². The van der Waals surface area contributed by atoms with Gasteiger partial charge in [0.25, 0.3) is 0 Å². The van der Waals surface area contributed by atoms with Crippen LogP contribution in [0.1, 0.15) is 0 Å². The molecule has 74 valence electrons. The summed E-state index contributed by atoms with van der Waals surface area (Å²) in [6.07, 6.45) is 0. The molecule has 14 heavy (non-hydrogen) atoms. The Bertz CT molecular complexity index is 341. The number of halogens is 1. The monoisotopic (exact) mass is 209 g/mol. The Labute approximate surface area is 90.3 Å². The average molecular weight is 209 g/mol. The van der Waals surface area contributed by atoms with Crippen LogP contribution in [0.15, 0.2) is 30.5 Å². The number of rotatable bonds is 4. The van der Waals surface area contributed by atoms with Crippen molar-refractivity contribution in [3.8, 4) is 5.75 Å². The third kappa shape index (κ3) is 2.71. The van der Waals surface area contributed by atoms with E-state index in [4.69, 9.17) is 16.3 Å². The van der Waals surface area contributed by atoms with Crippen molar-refractivity contribution < 1.29 is 4.74 Å². The molecule has 0 saturated carbocycles. The van der Waals surface area contributed by atoms with Gasteiger partial charge in [-0.1, -0.05) is 12.0 Å². The molecule has 0 unspecified atom stereocenters. The van der Waals surface area contributed by atoms with Crippen LogP contribution in [-0.2, 0) is 0 Å². The number of hydrogen-bond donors (Lipinski definition) is 1. The molecule has 0 saturated heterocycles. The maximum absolute atomic E-state index is 5.63. The Morgan fingerprint density at radius 2 is 2.36 bits per heavy atom. The maximum atomic E-state index is 5.63. The quantitative estimate of drug-likeness (QED) is 0.593. The molecule has 2 nitrogen and oxygen atoms in total. The van der Waals surface area contributed by atoms with E-state index in [0.717, 1.165) is 22.6 Å². The predicted octanol–water partition coefficient (Wildman–Crippen LogP) is 1.12. The topological polar surface area (TPSA) is 21.3 Å². The second-order valence-corrected chi connectivity index (χ2v) is 3.31. The lowest BCUT2D eigenvalue weighted by molar-refractivity contribution is 0.415. The highest BCUT2D eigenvalue weighted by molar-refractivity contribution is 6.36. The minimum absolute atomic E-state index is 0.408. The summed E-state index contributed by atoms with van der Waals surface area (Å²) >= 11 is 5.63. The zero-order valence-electron chi connectivity index (χ0n) is 8.43. The Kier molecular flexibility index (Phi) is 3.90. The van der Waals surface area contributed by atoms with E-state index >= 15 is 0 Å². The van der Waals surface area contributed by atoms with Crippen molar-refractivity contribution in [2.24, 2.45) is 0 Å². The van der Waals surface area contributed by atoms with Gasteiger partial charge in [-0.2, -0.15) is 0 Å². The zero-order valence-corrected chi connectivity index (χ0v) is 9.19. The Hall–Kier alpha value is -1.09. The number of methoxy groups -OCH3 is 1. The maximum Gasteiger partial charge on any atom is 0.142 e. The Morgan fingerprint density at radius 3 is 2.86 bits per heavy atom. The van der Waals surface area contributed by atoms with E-state index in [1.807, 2.05) is 26.0 Å². The van der Waals surface area contributed by atoms with Gasteiger partial charge in [0.1, 0.15) is 13.6 Å². The van der Waals surface area contributed by atoms with Gasteiger partial charge in [0.2, 0.25) is 0 Å². The SMILES string of the molecule is Bc1cc(OC)ccc1NC(=C)CCl. The van der Waals surface area contributed by atoms with Crippen molar-refractivity contribution in [1.82, 2.24) is 0 Å². The first kappa shape index (κ1) is 11.0. The fourth-order valence-electron chi connectivity index (χ4n) is 1.13. The average Bonchev–Trinajstić information content (AvgIpc) is 2.20. The lowest BCUT2D eigenvalue weighted by Crippen LogP contribution is -2.12. The zero-order chi connectivity index (χ0) is 10.6. The lowest BCUT2D eigenvalue weighted by Gasteiger charge is -2.11. The van der Waals surface area contributed by atoms with Gasteiger partial charge in [0, 0.05) is 11.4 Å². The summed E-state index contributed by atoms with van der Waals surface area (Å²) in [5, 5.41) is 3.13. The first-order chi connectivity index (χ1) is 6.67. The van der Waals surface area contributed by atoms with Gasteiger partial charge >= 0.3 is 0 Å². The summed E-state index contributed by atoms with van der Waals surface area (Å²) in [6.45, 7) is 3.78. The van der Waals surface area contributed by atoms with Crippen molar-refractivity contribution in [2.75, 3.05) is 18.3 Å². The normalized spacial score (nSPS) is 9.57. The van der Waals surface area contributed by atoms with Gasteiger partial charge in [-0.25, -0.2) is 0 Å². The van der Waals surface area contributed by atoms with Gasteiger partial charge in [0.05, 0.1) is 13.0 Å². The Morgan fingerprint density at radius 1 is 1.64 bits per heavy atom. The molecule has 1 aromatic rings. The molecule has 0 spiro atoms. The highest BCUT2D eigenvalue weighted by Gasteiger charge is 2.00. The molecular weight excluding hydrogens is 196 g/mol. The van der Waals surface area contributed by atoms with Crippen molar-refractivity contribution in [3.05, 3.63) is 30.5 Å². The molecule has 0 aliphatic rings. The van der Waals surface area contributed by atoms with Crippen LogP contribution in [0.2, 0.25) is 0 Å². The first-order valence-electron chi connectivity index (χ1n) is 4.32. The van der Waals surface area contributed by atoms with Gasteiger partial charge in [-0.05, 0) is 18.2 Å². The van der Waals surface area contributed by atoms with E-state index < -0.39 is 0 Å². The molecule has 4 heteroatoms. The van der Waals surface area contributed by atoms with Crippen LogP contribution in [0.3, 0.4) is 0 Å². The van der Waals surface area contributed by atoms with Crippen LogP contribution < -0.4 is 15.5 Å². The minimum atomic E-state index is 0.408. The second-order valence-electron chi connectivity index (χ2n) is 3.04. The van der Waals surface area contributed by atoms with E-state index in [9.17, 15) is 0 Å². The summed E-state index contributed by atoms with van der Waals surface area (Å²) < 4.78 is 5.11. The molecule has 0 fully saturated rings. The number of nitrogens with one attached hydrogen (secondary N) is 1. The van der Waals surface area contributed by atoms with Crippen molar-refractivity contribution in [1.29, 1.82) is 0 Å². The van der Waals surface area contributed by atoms with Gasteiger partial charge < -0.3 is 10.1 Å². The number of allylic oxidation sites excluding steroid dienone is 1. The fourth-order valence-corrected chi connectivity index (χ4v) is 1.19. The predicted molar refractivity (Wildman–Crippen MR) is 64.7 cm³/mol. The largest absolute Gasteiger partial charge is 0.497 e. The number of alkyl halides is 1. The van der Waals surface area contributed by atoms with Crippen molar-refractivity contribution in [3.63, 3.8) is 0 Å². The number of ether oxygens (including phenoxy) is 1. The molecule has 1 rings (SSSR count). The highest BCUT2D eigenvalue weighted by Crippen LogP contribution is 2.13. The second kappa shape index (κ2) is 4.96. The standard InChI is InChI=1S/C10H13BClNO/c1-7(6-12)13-10-4-3-8(14-2)5-9(10)11/h3-5,13H,1,6,11H2,2H3. The summed E-state index contributed by atoms with van der Waals surface area (Å²) in [5.74, 6) is 1.26. The van der Waals surface area contributed by atoms with E-state index in [1.165, 1.54) is 0 Å². The van der Waals surface area contributed by atoms with Crippen LogP contribution in [0.4, 0.5) is 5.69 Å². The van der Waals surface area contributed by atoms with Crippen molar-refractivity contribution >= 4 is 30.6 Å². The Balaban J connectivity index is 2.83. The van der Waals surface area contributed by atoms with Crippen LogP contribution >= 0.6 is 11.6 Å². The molecule has 0 heterocycles. The van der Waals surface area contributed by atoms with Crippen LogP contribution in [0, 0.1) is 0 Å². The summed E-state index contributed by atoms with van der Waals surface area (Å²) in [7, 11) is 3.66. The molecule has 0 aliphatic carbocycles. The van der Waals surface area contributed by atoms with E-state index in [-0.39, 0.29) is 0 Å². The molecule has 0 amide bonds. The first-order valence-corrected chi connectivity index (χ1v) is 4.86. The van der Waals surface area contributed by atoms with Gasteiger partial charge in [0.15, 0.2) is 0 Å². The third-order valence-electron chi connectivity index (χ3n) is 1.91. The molecule has 0 atom stereocenters. The third-order valence-corrected chi connectivity index (χ3v) is 2.23. The van der Waals surface area contributed by atoms with E-state index in [2.05, 4.69) is 11.9 Å². The molecule has 0 radical (unpaired) electrons. The number of hydrogen-bond acceptors (Lipinski definition) is 2. The van der Waals surface area contributed by atoms with Gasteiger partial charge in [-0.15, -0.1) is 11.6 Å². The van der Waals surface area contributed by atoms with E-state index in [0.29, 0.717) is 5.88 Å². The highest BCUT2D eigenvalue weighted by atomic mass is 35.5. The molecule has 0 aromatic heterocycles. The molecule has 0 bridgehead atoms. The van der Waals surface area contributed by atoms with Gasteiger partial charge in [-0.3, -0.25) is 0 Å². The van der Waals surface area contributed by atoms with Crippen LogP contribution in [0.25, 0.3) is 0 Å². The lowest BCUT2D eigenvalue weighted by atomic mass is 9.93. The fraction of sp³-hybridized carbons (Fsp3) is 0.200. The summed E-state index contributed by atoms with van der Waals surface area (Å²) in [5.41, 5.74) is 2.91. The molecular formula is C10H13BClNO. The molecule has 0 aliphatic heterocycles. The van der Waals surface area contributed by atoms with Crippen LogP contribution in [0.5, 0.6) is 5.75 Å². The smallest absolute Gasteiger partial charge is 0.142 e. The molecule has 1 N–H and O–H groups in total. The van der Waals surface area contributed by atoms with Crippen LogP contribution in [-0.4, -0.2) is 20.8 Å². The summed E-state index contributed by atoms with van der Waals surface area (Å²) in [6, 6.07) is 5.81. The minimum Gasteiger partial charge on any atom is -0.497 e. The van der Waals surface area contributed by atoms with Crippen molar-refractivity contribution in [2.45, 2.75) is 0 Å². The number of anilines is 1. The molecule has 1 aromatic carbocycles. The number of benzene rings is 1.